The number of nitrogens with one attached hydrogen (secondary N) is 1. The van der Waals surface area contributed by atoms with Crippen molar-refractivity contribution in [2.24, 2.45) is 0 Å². The van der Waals surface area contributed by atoms with Crippen molar-refractivity contribution in [3.05, 3.63) is 64.0 Å². The van der Waals surface area contributed by atoms with Gasteiger partial charge in [-0.05, 0) is 25.1 Å². The Morgan fingerprint density at radius 3 is 2.62 bits per heavy atom. The van der Waals surface area contributed by atoms with Crippen molar-refractivity contribution in [1.29, 1.82) is 0 Å². The van der Waals surface area contributed by atoms with E-state index in [1.54, 1.807) is 46.0 Å². The molecule has 0 saturated heterocycles. The molecule has 1 N–H and O–H groups in total. The van der Waals surface area contributed by atoms with Crippen LogP contribution in [-0.4, -0.2) is 25.5 Å². The monoisotopic (exact) mass is 363 g/mol. The maximum absolute atomic E-state index is 12.0. The minimum Gasteiger partial charge on any atom is -0.308 e. The topological polar surface area (TPSA) is 64.7 Å². The summed E-state index contributed by atoms with van der Waals surface area (Å²) in [6.45, 7) is 2.46. The van der Waals surface area contributed by atoms with Crippen LogP contribution in [0.1, 0.15) is 11.3 Å². The van der Waals surface area contributed by atoms with Crippen LogP contribution >= 0.6 is 23.2 Å². The Labute approximate surface area is 149 Å². The molecule has 3 rings (SSSR count). The smallest absolute Gasteiger partial charge is 0.247 e. The Morgan fingerprint density at radius 2 is 1.96 bits per heavy atom. The number of anilines is 1. The van der Waals surface area contributed by atoms with Gasteiger partial charge in [0.15, 0.2) is 5.82 Å². The van der Waals surface area contributed by atoms with Crippen LogP contribution in [0, 0.1) is 6.92 Å². The number of carbonyl (C=O) groups excluding carboxylic acids is 1. The molecule has 2 heterocycles. The Hall–Kier alpha value is -2.31. The van der Waals surface area contributed by atoms with Crippen molar-refractivity contribution in [3.63, 3.8) is 0 Å². The molecule has 6 nitrogen and oxygen atoms in total. The second-order valence-electron chi connectivity index (χ2n) is 5.28. The van der Waals surface area contributed by atoms with Crippen LogP contribution in [0.5, 0.6) is 0 Å². The second kappa shape index (κ2) is 7.07. The molecule has 0 aliphatic heterocycles. The molecule has 0 bridgehead atoms. The molecule has 3 aromatic rings. The molecule has 124 valence electrons. The molecular formula is C16H15Cl2N5O. The largest absolute Gasteiger partial charge is 0.308 e. The minimum atomic E-state index is -0.192. The van der Waals surface area contributed by atoms with E-state index in [0.717, 1.165) is 11.3 Å². The lowest BCUT2D eigenvalue weighted by Gasteiger charge is -2.07. The molecule has 1 aromatic carbocycles. The van der Waals surface area contributed by atoms with Gasteiger partial charge in [-0.15, -0.1) is 0 Å². The van der Waals surface area contributed by atoms with E-state index in [2.05, 4.69) is 15.5 Å². The first kappa shape index (κ1) is 16.5. The highest BCUT2D eigenvalue weighted by Crippen LogP contribution is 2.25. The summed E-state index contributed by atoms with van der Waals surface area (Å²) in [5.74, 6) is 0.274. The fourth-order valence-electron chi connectivity index (χ4n) is 2.24. The van der Waals surface area contributed by atoms with Crippen LogP contribution in [0.4, 0.5) is 5.82 Å². The fraction of sp³-hybridized carbons (Fsp3) is 0.188. The first-order valence-corrected chi connectivity index (χ1v) is 8.03. The zero-order valence-corrected chi connectivity index (χ0v) is 14.4. The van der Waals surface area contributed by atoms with Gasteiger partial charge in [0.25, 0.3) is 0 Å². The standard InChI is InChI=1S/C16H15Cl2N5O/c1-11-5-7-19-23(11)10-16(24)20-15-6-8-22(21-15)9-12-13(17)3-2-4-14(12)18/h2-8H,9-10H2,1H3,(H,20,21,24). The number of rotatable bonds is 5. The van der Waals surface area contributed by atoms with Crippen LogP contribution in [0.3, 0.4) is 0 Å². The van der Waals surface area contributed by atoms with Gasteiger partial charge in [0.2, 0.25) is 5.91 Å². The van der Waals surface area contributed by atoms with Crippen molar-refractivity contribution in [2.45, 2.75) is 20.0 Å². The molecule has 0 radical (unpaired) electrons. The Balaban J connectivity index is 1.65. The molecule has 0 atom stereocenters. The average molecular weight is 364 g/mol. The molecule has 0 aliphatic carbocycles. The quantitative estimate of drug-likeness (QED) is 0.755. The van der Waals surface area contributed by atoms with Gasteiger partial charge in [-0.1, -0.05) is 29.3 Å². The maximum Gasteiger partial charge on any atom is 0.247 e. The van der Waals surface area contributed by atoms with E-state index >= 15 is 0 Å². The second-order valence-corrected chi connectivity index (χ2v) is 6.09. The number of carbonyl (C=O) groups is 1. The van der Waals surface area contributed by atoms with Crippen LogP contribution in [0.15, 0.2) is 42.7 Å². The highest BCUT2D eigenvalue weighted by Gasteiger charge is 2.10. The fourth-order valence-corrected chi connectivity index (χ4v) is 2.76. The summed E-state index contributed by atoms with van der Waals surface area (Å²) in [6.07, 6.45) is 3.42. The van der Waals surface area contributed by atoms with E-state index in [4.69, 9.17) is 23.2 Å². The molecule has 1 amide bonds. The van der Waals surface area contributed by atoms with E-state index in [9.17, 15) is 4.79 Å². The van der Waals surface area contributed by atoms with Crippen LogP contribution in [0.2, 0.25) is 10.0 Å². The lowest BCUT2D eigenvalue weighted by atomic mass is 10.2. The predicted octanol–water partition coefficient (Wildman–Crippen LogP) is 3.38. The highest BCUT2D eigenvalue weighted by atomic mass is 35.5. The predicted molar refractivity (Wildman–Crippen MR) is 93.4 cm³/mol. The maximum atomic E-state index is 12.0. The van der Waals surface area contributed by atoms with Crippen LogP contribution in [0.25, 0.3) is 0 Å². The molecule has 2 aromatic heterocycles. The summed E-state index contributed by atoms with van der Waals surface area (Å²) in [4.78, 5) is 12.0. The number of aryl methyl sites for hydroxylation is 1. The van der Waals surface area contributed by atoms with Gasteiger partial charge in [0, 0.05) is 39.8 Å². The van der Waals surface area contributed by atoms with Gasteiger partial charge < -0.3 is 5.32 Å². The third-order valence-electron chi connectivity index (χ3n) is 3.51. The van der Waals surface area contributed by atoms with Crippen molar-refractivity contribution < 1.29 is 4.79 Å². The summed E-state index contributed by atoms with van der Waals surface area (Å²) in [6, 6.07) is 8.91. The molecule has 8 heteroatoms. The highest BCUT2D eigenvalue weighted by molar-refractivity contribution is 6.35. The van der Waals surface area contributed by atoms with Gasteiger partial charge in [0.05, 0.1) is 6.54 Å². The number of aromatic nitrogens is 4. The van der Waals surface area contributed by atoms with E-state index in [1.807, 2.05) is 13.0 Å². The number of benzene rings is 1. The van der Waals surface area contributed by atoms with E-state index in [1.165, 1.54) is 0 Å². The van der Waals surface area contributed by atoms with E-state index in [-0.39, 0.29) is 12.5 Å². The summed E-state index contributed by atoms with van der Waals surface area (Å²) in [7, 11) is 0. The minimum absolute atomic E-state index is 0.141. The van der Waals surface area contributed by atoms with Crippen molar-refractivity contribution >= 4 is 34.9 Å². The van der Waals surface area contributed by atoms with E-state index in [0.29, 0.717) is 22.4 Å². The summed E-state index contributed by atoms with van der Waals surface area (Å²) < 4.78 is 3.29. The SMILES string of the molecule is Cc1ccnn1CC(=O)Nc1ccn(Cc2c(Cl)cccc2Cl)n1. The lowest BCUT2D eigenvalue weighted by molar-refractivity contribution is -0.117. The first-order chi connectivity index (χ1) is 11.5. The van der Waals surface area contributed by atoms with Gasteiger partial charge in [-0.25, -0.2) is 0 Å². The molecule has 0 aliphatic rings. The normalized spacial score (nSPS) is 10.8. The Bertz CT molecular complexity index is 851. The number of amides is 1. The number of hydrogen-bond donors (Lipinski definition) is 1. The molecule has 0 fully saturated rings. The third kappa shape index (κ3) is 3.77. The zero-order chi connectivity index (χ0) is 17.1. The van der Waals surface area contributed by atoms with Gasteiger partial charge in [-0.3, -0.25) is 14.2 Å². The molecule has 0 unspecified atom stereocenters. The number of hydrogen-bond acceptors (Lipinski definition) is 3. The van der Waals surface area contributed by atoms with Gasteiger partial charge in [-0.2, -0.15) is 10.2 Å². The summed E-state index contributed by atoms with van der Waals surface area (Å²) >= 11 is 12.3. The lowest BCUT2D eigenvalue weighted by Crippen LogP contribution is -2.20. The number of halogens is 2. The van der Waals surface area contributed by atoms with Crippen molar-refractivity contribution in [2.75, 3.05) is 5.32 Å². The van der Waals surface area contributed by atoms with Crippen molar-refractivity contribution in [3.8, 4) is 0 Å². The Kier molecular flexibility index (Phi) is 4.87. The van der Waals surface area contributed by atoms with E-state index < -0.39 is 0 Å². The molecule has 0 spiro atoms. The van der Waals surface area contributed by atoms with Crippen LogP contribution in [-0.2, 0) is 17.9 Å². The molecular weight excluding hydrogens is 349 g/mol. The van der Waals surface area contributed by atoms with Gasteiger partial charge >= 0.3 is 0 Å². The van der Waals surface area contributed by atoms with Crippen molar-refractivity contribution in [1.82, 2.24) is 19.6 Å². The summed E-state index contributed by atoms with van der Waals surface area (Å²) in [5.41, 5.74) is 1.71. The first-order valence-electron chi connectivity index (χ1n) is 7.27. The van der Waals surface area contributed by atoms with Crippen LogP contribution < -0.4 is 5.32 Å². The van der Waals surface area contributed by atoms with Gasteiger partial charge in [0.1, 0.15) is 6.54 Å². The summed E-state index contributed by atoms with van der Waals surface area (Å²) in [5, 5.41) is 12.3. The molecule has 24 heavy (non-hydrogen) atoms. The molecule has 0 saturated carbocycles. The Morgan fingerprint density at radius 1 is 1.21 bits per heavy atom. The number of nitrogens with zero attached hydrogens (tertiary/aromatic N) is 4. The third-order valence-corrected chi connectivity index (χ3v) is 4.22. The zero-order valence-electron chi connectivity index (χ0n) is 12.9. The average Bonchev–Trinajstić information content (AvgIpc) is 3.13.